The van der Waals surface area contributed by atoms with Gasteiger partial charge < -0.3 is 10.6 Å². The van der Waals surface area contributed by atoms with Gasteiger partial charge in [0.1, 0.15) is 5.82 Å². The Hall–Kier alpha value is -4.06. The molecule has 0 aliphatic rings. The number of hydrogen-bond donors (Lipinski definition) is 2. The average molecular weight is 398 g/mol. The number of aryl methyl sites for hydroxylation is 1. The second-order valence-corrected chi connectivity index (χ2v) is 6.83. The lowest BCUT2D eigenvalue weighted by atomic mass is 10.1. The van der Waals surface area contributed by atoms with Gasteiger partial charge in [-0.05, 0) is 61.0 Å². The Morgan fingerprint density at radius 1 is 0.833 bits per heavy atom. The molecule has 148 valence electrons. The van der Waals surface area contributed by atoms with Crippen molar-refractivity contribution >= 4 is 23.2 Å². The zero-order chi connectivity index (χ0) is 20.9. The lowest BCUT2D eigenvalue weighted by Crippen LogP contribution is -2.11. The van der Waals surface area contributed by atoms with E-state index in [4.69, 9.17) is 0 Å². The number of amides is 1. The Labute approximate surface area is 173 Å². The fourth-order valence-electron chi connectivity index (χ4n) is 2.88. The number of nitrogens with one attached hydrogen (secondary N) is 2. The number of benzene rings is 3. The van der Waals surface area contributed by atoms with Gasteiger partial charge in [-0.15, -0.1) is 0 Å². The minimum Gasteiger partial charge on any atom is -0.324 e. The van der Waals surface area contributed by atoms with Gasteiger partial charge in [-0.1, -0.05) is 29.8 Å². The highest BCUT2D eigenvalue weighted by atomic mass is 19.1. The Bertz CT molecular complexity index is 1160. The second kappa shape index (κ2) is 8.53. The quantitative estimate of drug-likeness (QED) is 0.460. The van der Waals surface area contributed by atoms with Crippen LogP contribution in [0.4, 0.5) is 21.7 Å². The molecule has 0 atom stereocenters. The first-order chi connectivity index (χ1) is 14.6. The summed E-state index contributed by atoms with van der Waals surface area (Å²) in [7, 11) is 0. The Balaban J connectivity index is 1.40. The van der Waals surface area contributed by atoms with E-state index >= 15 is 0 Å². The van der Waals surface area contributed by atoms with Gasteiger partial charge in [0.2, 0.25) is 5.95 Å². The van der Waals surface area contributed by atoms with Crippen LogP contribution in [0.1, 0.15) is 15.9 Å². The molecular weight excluding hydrogens is 379 g/mol. The molecule has 0 fully saturated rings. The normalized spacial score (nSPS) is 10.5. The standard InChI is InChI=1S/C24H19FN4O/c1-16-5-9-21(10-6-16)28-23(30)17-7-11-22(12-8-17)29-24-26-14-19(15-27-24)18-3-2-4-20(25)13-18/h2-15H,1H3,(H,28,30)(H,26,27,29). The van der Waals surface area contributed by atoms with Gasteiger partial charge >= 0.3 is 0 Å². The molecule has 0 unspecified atom stereocenters. The molecule has 5 nitrogen and oxygen atoms in total. The summed E-state index contributed by atoms with van der Waals surface area (Å²) in [5, 5.41) is 5.96. The van der Waals surface area contributed by atoms with E-state index in [1.807, 2.05) is 31.2 Å². The van der Waals surface area contributed by atoms with E-state index in [1.165, 1.54) is 12.1 Å². The van der Waals surface area contributed by atoms with Crippen molar-refractivity contribution in [1.82, 2.24) is 9.97 Å². The van der Waals surface area contributed by atoms with Crippen molar-refractivity contribution < 1.29 is 9.18 Å². The Morgan fingerprint density at radius 2 is 1.50 bits per heavy atom. The van der Waals surface area contributed by atoms with Crippen LogP contribution in [0.25, 0.3) is 11.1 Å². The van der Waals surface area contributed by atoms with Crippen molar-refractivity contribution in [3.8, 4) is 11.1 Å². The van der Waals surface area contributed by atoms with E-state index in [9.17, 15) is 9.18 Å². The van der Waals surface area contributed by atoms with Gasteiger partial charge in [0, 0.05) is 34.9 Å². The van der Waals surface area contributed by atoms with E-state index in [-0.39, 0.29) is 11.7 Å². The van der Waals surface area contributed by atoms with E-state index in [2.05, 4.69) is 20.6 Å². The average Bonchev–Trinajstić information content (AvgIpc) is 2.76. The third kappa shape index (κ3) is 4.67. The number of rotatable bonds is 5. The number of anilines is 3. The lowest BCUT2D eigenvalue weighted by molar-refractivity contribution is 0.102. The highest BCUT2D eigenvalue weighted by Gasteiger charge is 2.07. The molecular formula is C24H19FN4O. The predicted molar refractivity (Wildman–Crippen MR) is 116 cm³/mol. The molecule has 0 bridgehead atoms. The van der Waals surface area contributed by atoms with Gasteiger partial charge in [-0.2, -0.15) is 0 Å². The summed E-state index contributed by atoms with van der Waals surface area (Å²) in [5.74, 6) is -0.0747. The summed E-state index contributed by atoms with van der Waals surface area (Å²) in [6, 6.07) is 20.9. The number of hydrogen-bond acceptors (Lipinski definition) is 4. The molecule has 4 rings (SSSR count). The topological polar surface area (TPSA) is 66.9 Å². The first-order valence-electron chi connectivity index (χ1n) is 9.40. The molecule has 30 heavy (non-hydrogen) atoms. The van der Waals surface area contributed by atoms with E-state index in [0.29, 0.717) is 17.1 Å². The molecule has 0 spiro atoms. The fraction of sp³-hybridized carbons (Fsp3) is 0.0417. The molecule has 1 amide bonds. The largest absolute Gasteiger partial charge is 0.324 e. The van der Waals surface area contributed by atoms with Crippen molar-refractivity contribution in [2.45, 2.75) is 6.92 Å². The van der Waals surface area contributed by atoms with Gasteiger partial charge in [-0.25, -0.2) is 14.4 Å². The summed E-state index contributed by atoms with van der Waals surface area (Å²) < 4.78 is 13.4. The van der Waals surface area contributed by atoms with Crippen LogP contribution in [0.2, 0.25) is 0 Å². The zero-order valence-corrected chi connectivity index (χ0v) is 16.3. The summed E-state index contributed by atoms with van der Waals surface area (Å²) in [6.45, 7) is 2.00. The van der Waals surface area contributed by atoms with Gasteiger partial charge in [0.25, 0.3) is 5.91 Å². The number of aromatic nitrogens is 2. The van der Waals surface area contributed by atoms with Crippen LogP contribution < -0.4 is 10.6 Å². The summed E-state index contributed by atoms with van der Waals surface area (Å²) in [5.41, 5.74) is 4.62. The number of carbonyl (C=O) groups is 1. The van der Waals surface area contributed by atoms with Gasteiger partial charge in [0.15, 0.2) is 0 Å². The molecule has 0 saturated heterocycles. The minimum atomic E-state index is -0.304. The monoisotopic (exact) mass is 398 g/mol. The number of nitrogens with zero attached hydrogens (tertiary/aromatic N) is 2. The number of halogens is 1. The smallest absolute Gasteiger partial charge is 0.255 e. The molecule has 0 aliphatic carbocycles. The Kier molecular flexibility index (Phi) is 5.48. The van der Waals surface area contributed by atoms with Crippen molar-refractivity contribution in [3.63, 3.8) is 0 Å². The van der Waals surface area contributed by atoms with Crippen molar-refractivity contribution in [1.29, 1.82) is 0 Å². The maximum Gasteiger partial charge on any atom is 0.255 e. The molecule has 1 aromatic heterocycles. The maximum atomic E-state index is 13.4. The maximum absolute atomic E-state index is 13.4. The highest BCUT2D eigenvalue weighted by molar-refractivity contribution is 6.04. The van der Waals surface area contributed by atoms with Crippen molar-refractivity contribution in [3.05, 3.63) is 102 Å². The third-order valence-corrected chi connectivity index (χ3v) is 4.52. The molecule has 0 radical (unpaired) electrons. The van der Waals surface area contributed by atoms with Crippen LogP contribution in [-0.2, 0) is 0 Å². The molecule has 1 heterocycles. The van der Waals surface area contributed by atoms with Crippen LogP contribution in [-0.4, -0.2) is 15.9 Å². The molecule has 0 saturated carbocycles. The van der Waals surface area contributed by atoms with Crippen molar-refractivity contribution in [2.75, 3.05) is 10.6 Å². The van der Waals surface area contributed by atoms with E-state index in [0.717, 1.165) is 22.5 Å². The van der Waals surface area contributed by atoms with Crippen LogP contribution in [0.3, 0.4) is 0 Å². The van der Waals surface area contributed by atoms with Crippen LogP contribution in [0.15, 0.2) is 85.2 Å². The molecule has 4 aromatic rings. The number of carbonyl (C=O) groups excluding carboxylic acids is 1. The zero-order valence-electron chi connectivity index (χ0n) is 16.3. The summed E-state index contributed by atoms with van der Waals surface area (Å²) >= 11 is 0. The first kappa shape index (κ1) is 19.3. The van der Waals surface area contributed by atoms with Crippen LogP contribution >= 0.6 is 0 Å². The fourth-order valence-corrected chi connectivity index (χ4v) is 2.88. The van der Waals surface area contributed by atoms with E-state index < -0.39 is 0 Å². The molecule has 0 aliphatic heterocycles. The SMILES string of the molecule is Cc1ccc(NC(=O)c2ccc(Nc3ncc(-c4cccc(F)c4)cn3)cc2)cc1. The minimum absolute atomic E-state index is 0.180. The molecule has 2 N–H and O–H groups in total. The molecule has 6 heteroatoms. The first-order valence-corrected chi connectivity index (χ1v) is 9.40. The van der Waals surface area contributed by atoms with Crippen LogP contribution in [0.5, 0.6) is 0 Å². The van der Waals surface area contributed by atoms with Crippen LogP contribution in [0, 0.1) is 12.7 Å². The van der Waals surface area contributed by atoms with Crippen molar-refractivity contribution in [2.24, 2.45) is 0 Å². The Morgan fingerprint density at radius 3 is 2.17 bits per heavy atom. The summed E-state index contributed by atoms with van der Waals surface area (Å²) in [6.07, 6.45) is 3.26. The lowest BCUT2D eigenvalue weighted by Gasteiger charge is -2.08. The summed E-state index contributed by atoms with van der Waals surface area (Å²) in [4.78, 5) is 20.9. The van der Waals surface area contributed by atoms with E-state index in [1.54, 1.807) is 48.8 Å². The van der Waals surface area contributed by atoms with Gasteiger partial charge in [-0.3, -0.25) is 4.79 Å². The second-order valence-electron chi connectivity index (χ2n) is 6.83. The predicted octanol–water partition coefficient (Wildman–Crippen LogP) is 5.59. The molecule has 3 aromatic carbocycles. The van der Waals surface area contributed by atoms with Gasteiger partial charge in [0.05, 0.1) is 0 Å². The third-order valence-electron chi connectivity index (χ3n) is 4.52. The highest BCUT2D eigenvalue weighted by Crippen LogP contribution is 2.20.